The van der Waals surface area contributed by atoms with Crippen LogP contribution in [0.4, 0.5) is 17.1 Å². The van der Waals surface area contributed by atoms with Gasteiger partial charge < -0.3 is 19.5 Å². The first-order chi connectivity index (χ1) is 17.8. The number of carbonyl (C=O) groups excluding carboxylic acids is 2. The average molecular weight is 584 g/mol. The first-order valence-corrected chi connectivity index (χ1v) is 14.2. The highest BCUT2D eigenvalue weighted by Gasteiger charge is 2.30. The van der Waals surface area contributed by atoms with Crippen molar-refractivity contribution in [3.05, 3.63) is 77.1 Å². The van der Waals surface area contributed by atoms with Crippen LogP contribution in [-0.2, 0) is 39.1 Å². The highest BCUT2D eigenvalue weighted by atomic mass is 35.5. The van der Waals surface area contributed by atoms with Crippen molar-refractivity contribution < 1.29 is 41.0 Å². The number of anilines is 3. The molecule has 38 heavy (non-hydrogen) atoms. The van der Waals surface area contributed by atoms with E-state index >= 15 is 0 Å². The molecule has 0 aromatic heterocycles. The van der Waals surface area contributed by atoms with E-state index in [1.165, 1.54) is 48.7 Å². The van der Waals surface area contributed by atoms with Crippen LogP contribution in [-0.4, -0.2) is 54.4 Å². The van der Waals surface area contributed by atoms with Gasteiger partial charge in [-0.15, -0.1) is 0 Å². The molecule has 3 N–H and O–H groups in total. The lowest BCUT2D eigenvalue weighted by molar-refractivity contribution is -0.139. The predicted molar refractivity (Wildman–Crippen MR) is 141 cm³/mol. The number of halogens is 1. The maximum Gasteiger partial charge on any atom is 0.355 e. The quantitative estimate of drug-likeness (QED) is 0.393. The van der Waals surface area contributed by atoms with Gasteiger partial charge in [-0.05, 0) is 36.4 Å². The molecule has 0 radical (unpaired) electrons. The summed E-state index contributed by atoms with van der Waals surface area (Å²) in [6.07, 6.45) is 6.48. The standard InChI is InChI=1S/C23H22ClN3O9S2/c1-35-22(29)16-9-4-5-10-27(21(16)23(30)36-2)18-12-17(24)20(13-19(18)28)38(33,34)26-15-8-6-7-14(11-15)25-37(3,31)32/h4-13,25-26,28H,1-3H3. The molecule has 0 saturated heterocycles. The fourth-order valence-electron chi connectivity index (χ4n) is 3.35. The van der Waals surface area contributed by atoms with E-state index in [9.17, 15) is 31.5 Å². The van der Waals surface area contributed by atoms with E-state index < -0.39 is 42.6 Å². The number of allylic oxidation sites excluding steroid dienone is 2. The normalized spacial score (nSPS) is 13.6. The van der Waals surface area contributed by atoms with E-state index in [2.05, 4.69) is 9.44 Å². The molecule has 2 aromatic rings. The number of esters is 2. The Morgan fingerprint density at radius 2 is 1.58 bits per heavy atom. The molecule has 0 fully saturated rings. The number of hydrogen-bond donors (Lipinski definition) is 3. The van der Waals surface area contributed by atoms with E-state index in [1.807, 2.05) is 0 Å². The van der Waals surface area contributed by atoms with E-state index in [1.54, 1.807) is 0 Å². The van der Waals surface area contributed by atoms with Crippen molar-refractivity contribution in [3.63, 3.8) is 0 Å². The Labute approximate surface area is 223 Å². The van der Waals surface area contributed by atoms with Crippen LogP contribution in [0, 0.1) is 0 Å². The highest BCUT2D eigenvalue weighted by Crippen LogP contribution is 2.39. The van der Waals surface area contributed by atoms with E-state index in [-0.39, 0.29) is 33.4 Å². The summed E-state index contributed by atoms with van der Waals surface area (Å²) in [6, 6.07) is 7.41. The minimum absolute atomic E-state index is 0.0124. The van der Waals surface area contributed by atoms with Crippen molar-refractivity contribution in [2.75, 3.05) is 34.8 Å². The maximum atomic E-state index is 13.1. The molecular formula is C23H22ClN3O9S2. The van der Waals surface area contributed by atoms with Gasteiger partial charge in [-0.3, -0.25) is 9.44 Å². The van der Waals surface area contributed by atoms with E-state index in [0.29, 0.717) is 0 Å². The minimum Gasteiger partial charge on any atom is -0.506 e. The van der Waals surface area contributed by atoms with Crippen molar-refractivity contribution in [3.8, 4) is 5.75 Å². The maximum absolute atomic E-state index is 13.1. The van der Waals surface area contributed by atoms with E-state index in [0.717, 1.165) is 37.5 Å². The molecule has 3 rings (SSSR count). The largest absolute Gasteiger partial charge is 0.506 e. The lowest BCUT2D eigenvalue weighted by atomic mass is 10.1. The van der Waals surface area contributed by atoms with E-state index in [4.69, 9.17) is 21.1 Å². The molecule has 0 unspecified atom stereocenters. The monoisotopic (exact) mass is 583 g/mol. The summed E-state index contributed by atoms with van der Waals surface area (Å²) in [6.45, 7) is 0. The number of benzene rings is 2. The SMILES string of the molecule is COC(=O)C1=C(C(=O)OC)N(c2cc(Cl)c(S(=O)(=O)Nc3cccc(NS(C)(=O)=O)c3)cc2O)C=CC=C1. The Morgan fingerprint density at radius 1 is 0.947 bits per heavy atom. The van der Waals surface area contributed by atoms with Gasteiger partial charge in [0.05, 0.1) is 48.1 Å². The number of methoxy groups -OCH3 is 2. The van der Waals surface area contributed by atoms with Crippen LogP contribution in [0.25, 0.3) is 0 Å². The lowest BCUT2D eigenvalue weighted by Gasteiger charge is -2.24. The fourth-order valence-corrected chi connectivity index (χ4v) is 5.50. The van der Waals surface area contributed by atoms with Crippen molar-refractivity contribution >= 4 is 60.6 Å². The van der Waals surface area contributed by atoms with Crippen LogP contribution < -0.4 is 14.3 Å². The Hall–Kier alpha value is -4.01. The number of phenolic OH excluding ortho intramolecular Hbond substituents is 1. The Morgan fingerprint density at radius 3 is 2.18 bits per heavy atom. The topological polar surface area (TPSA) is 168 Å². The molecule has 1 aliphatic heterocycles. The van der Waals surface area contributed by atoms with Gasteiger partial charge >= 0.3 is 11.9 Å². The number of aromatic hydroxyl groups is 1. The number of carbonyl (C=O) groups is 2. The third kappa shape index (κ3) is 6.45. The summed E-state index contributed by atoms with van der Waals surface area (Å²) in [5.74, 6) is -2.42. The van der Waals surface area contributed by atoms with Gasteiger partial charge in [0.25, 0.3) is 10.0 Å². The first-order valence-electron chi connectivity index (χ1n) is 10.5. The van der Waals surface area contributed by atoms with Crippen molar-refractivity contribution in [2.45, 2.75) is 4.90 Å². The van der Waals surface area contributed by atoms with Crippen LogP contribution in [0.1, 0.15) is 0 Å². The molecule has 1 heterocycles. The smallest absolute Gasteiger partial charge is 0.355 e. The number of nitrogens with one attached hydrogen (secondary N) is 2. The third-order valence-corrected chi connectivity index (χ3v) is 7.34. The lowest BCUT2D eigenvalue weighted by Crippen LogP contribution is -2.27. The summed E-state index contributed by atoms with van der Waals surface area (Å²) in [4.78, 5) is 25.5. The van der Waals surface area contributed by atoms with Crippen LogP contribution in [0.2, 0.25) is 5.02 Å². The first kappa shape index (κ1) is 28.6. The van der Waals surface area contributed by atoms with Gasteiger partial charge in [0.2, 0.25) is 10.0 Å². The Balaban J connectivity index is 2.06. The van der Waals surface area contributed by atoms with Crippen LogP contribution in [0.15, 0.2) is 77.0 Å². The molecule has 1 aliphatic rings. The number of hydrogen-bond acceptors (Lipinski definition) is 10. The molecule has 0 aliphatic carbocycles. The molecule has 0 atom stereocenters. The van der Waals surface area contributed by atoms with Gasteiger partial charge in [0.1, 0.15) is 16.3 Å². The summed E-state index contributed by atoms with van der Waals surface area (Å²) < 4.78 is 63.2. The summed E-state index contributed by atoms with van der Waals surface area (Å²) in [5.41, 5.74) is -0.531. The molecule has 2 aromatic carbocycles. The van der Waals surface area contributed by atoms with Crippen LogP contribution in [0.3, 0.4) is 0 Å². The van der Waals surface area contributed by atoms with Crippen molar-refractivity contribution in [1.29, 1.82) is 0 Å². The molecule has 0 bridgehead atoms. The second kappa shape index (κ2) is 11.2. The molecule has 0 spiro atoms. The molecule has 15 heteroatoms. The van der Waals surface area contributed by atoms with Crippen LogP contribution >= 0.6 is 11.6 Å². The number of rotatable bonds is 8. The Kier molecular flexibility index (Phi) is 8.39. The predicted octanol–water partition coefficient (Wildman–Crippen LogP) is 2.71. The van der Waals surface area contributed by atoms with Crippen molar-refractivity contribution in [1.82, 2.24) is 0 Å². The zero-order chi connectivity index (χ0) is 28.3. The van der Waals surface area contributed by atoms with Gasteiger partial charge in [-0.25, -0.2) is 26.4 Å². The van der Waals surface area contributed by atoms with Crippen molar-refractivity contribution in [2.24, 2.45) is 0 Å². The zero-order valence-corrected chi connectivity index (χ0v) is 22.5. The molecule has 202 valence electrons. The van der Waals surface area contributed by atoms with Crippen LogP contribution in [0.5, 0.6) is 5.75 Å². The summed E-state index contributed by atoms with van der Waals surface area (Å²) in [7, 11) is -5.78. The third-order valence-electron chi connectivity index (χ3n) is 4.89. The minimum atomic E-state index is -4.39. The molecule has 0 saturated carbocycles. The Bertz CT molecular complexity index is 1600. The van der Waals surface area contributed by atoms with Gasteiger partial charge in [0.15, 0.2) is 0 Å². The van der Waals surface area contributed by atoms with Gasteiger partial charge in [0, 0.05) is 12.3 Å². The number of phenols is 1. The number of nitrogens with zero attached hydrogens (tertiary/aromatic N) is 1. The van der Waals surface area contributed by atoms with Gasteiger partial charge in [-0.2, -0.15) is 0 Å². The second-order valence-corrected chi connectivity index (χ2v) is 11.5. The summed E-state index contributed by atoms with van der Waals surface area (Å²) >= 11 is 6.31. The molecular weight excluding hydrogens is 562 g/mol. The fraction of sp³-hybridized carbons (Fsp3) is 0.130. The molecule has 12 nitrogen and oxygen atoms in total. The number of ether oxygens (including phenoxy) is 2. The molecule has 0 amide bonds. The summed E-state index contributed by atoms with van der Waals surface area (Å²) in [5, 5.41) is 10.5. The average Bonchev–Trinajstić information content (AvgIpc) is 3.06. The second-order valence-electron chi connectivity index (χ2n) is 7.65. The van der Waals surface area contributed by atoms with Gasteiger partial charge in [-0.1, -0.05) is 23.7 Å². The zero-order valence-electron chi connectivity index (χ0n) is 20.1. The number of sulfonamides is 2. The highest BCUT2D eigenvalue weighted by molar-refractivity contribution is 7.93.